The minimum atomic E-state index is -0.0539. The number of benzene rings is 7. The quantitative estimate of drug-likeness (QED) is 0.183. The highest BCUT2D eigenvalue weighted by molar-refractivity contribution is 6.15. The van der Waals surface area contributed by atoms with Crippen LogP contribution in [0.15, 0.2) is 174 Å². The Labute approximate surface area is 302 Å². The van der Waals surface area contributed by atoms with Crippen molar-refractivity contribution >= 4 is 21.9 Å². The Morgan fingerprint density at radius 2 is 1.00 bits per heavy atom. The molecule has 0 N–H and O–H groups in total. The van der Waals surface area contributed by atoms with Crippen LogP contribution in [-0.4, -0.2) is 9.97 Å². The van der Waals surface area contributed by atoms with Gasteiger partial charge in [-0.05, 0) is 69.3 Å². The van der Waals surface area contributed by atoms with E-state index in [9.17, 15) is 0 Å². The van der Waals surface area contributed by atoms with Crippen molar-refractivity contribution in [3.63, 3.8) is 0 Å². The molecule has 0 aliphatic heterocycles. The van der Waals surface area contributed by atoms with Crippen LogP contribution >= 0.6 is 0 Å². The molecule has 10 rings (SSSR count). The molecule has 0 amide bonds. The van der Waals surface area contributed by atoms with Gasteiger partial charge in [-0.2, -0.15) is 0 Å². The van der Waals surface area contributed by atoms with Crippen LogP contribution in [0, 0.1) is 0 Å². The van der Waals surface area contributed by atoms with E-state index in [0.717, 1.165) is 61.1 Å². The van der Waals surface area contributed by atoms with E-state index in [4.69, 9.17) is 14.4 Å². The lowest BCUT2D eigenvalue weighted by Crippen LogP contribution is -2.14. The number of para-hydroxylation sites is 1. The standard InChI is InChI=1S/C49H34N2O/c1-49(2)40-19-11-9-17-36(40)37-26-25-35(29-41(37)49)31-21-23-34(24-22-31)46-39(27-28-45-47(46)38-18-10-12-20-44(38)52-45)48-50-42(32-13-5-3-6-14-32)30-43(51-48)33-15-7-4-8-16-33/h3-30H,1-2H3. The van der Waals surface area contributed by atoms with E-state index in [1.54, 1.807) is 0 Å². The van der Waals surface area contributed by atoms with Crippen LogP contribution in [0.2, 0.25) is 0 Å². The van der Waals surface area contributed by atoms with Gasteiger partial charge in [-0.25, -0.2) is 9.97 Å². The van der Waals surface area contributed by atoms with Gasteiger partial charge in [0.1, 0.15) is 11.2 Å². The van der Waals surface area contributed by atoms with Crippen molar-refractivity contribution in [1.29, 1.82) is 0 Å². The summed E-state index contributed by atoms with van der Waals surface area (Å²) in [5.74, 6) is 0.673. The van der Waals surface area contributed by atoms with Crippen LogP contribution in [0.5, 0.6) is 0 Å². The number of hydrogen-bond donors (Lipinski definition) is 0. The second-order valence-electron chi connectivity index (χ2n) is 14.2. The zero-order valence-corrected chi connectivity index (χ0v) is 29.0. The van der Waals surface area contributed by atoms with E-state index in [-0.39, 0.29) is 5.41 Å². The summed E-state index contributed by atoms with van der Waals surface area (Å²) in [7, 11) is 0. The molecule has 0 bridgehead atoms. The first kappa shape index (κ1) is 30.3. The lowest BCUT2D eigenvalue weighted by molar-refractivity contribution is 0.660. The van der Waals surface area contributed by atoms with Gasteiger partial charge in [0.2, 0.25) is 0 Å². The zero-order chi connectivity index (χ0) is 34.8. The van der Waals surface area contributed by atoms with E-state index in [0.29, 0.717) is 5.82 Å². The van der Waals surface area contributed by atoms with Crippen molar-refractivity contribution in [2.75, 3.05) is 0 Å². The lowest BCUT2D eigenvalue weighted by atomic mass is 9.81. The maximum Gasteiger partial charge on any atom is 0.161 e. The highest BCUT2D eigenvalue weighted by atomic mass is 16.3. The summed E-state index contributed by atoms with van der Waals surface area (Å²) in [5, 5.41) is 2.13. The minimum absolute atomic E-state index is 0.0539. The summed E-state index contributed by atoms with van der Waals surface area (Å²) < 4.78 is 6.43. The Balaban J connectivity index is 1.16. The fourth-order valence-corrected chi connectivity index (χ4v) is 8.10. The first-order valence-electron chi connectivity index (χ1n) is 17.8. The molecule has 9 aromatic rings. The van der Waals surface area contributed by atoms with E-state index in [1.165, 1.54) is 33.4 Å². The molecule has 0 atom stereocenters. The molecule has 2 heterocycles. The van der Waals surface area contributed by atoms with Crippen molar-refractivity contribution < 1.29 is 4.42 Å². The van der Waals surface area contributed by atoms with E-state index < -0.39 is 0 Å². The van der Waals surface area contributed by atoms with E-state index >= 15 is 0 Å². The number of rotatable bonds is 5. The van der Waals surface area contributed by atoms with Crippen LogP contribution in [0.4, 0.5) is 0 Å². The smallest absolute Gasteiger partial charge is 0.161 e. The van der Waals surface area contributed by atoms with Crippen molar-refractivity contribution in [3.05, 3.63) is 181 Å². The number of furan rings is 1. The number of hydrogen-bond acceptors (Lipinski definition) is 3. The van der Waals surface area contributed by atoms with Gasteiger partial charge in [0.15, 0.2) is 5.82 Å². The minimum Gasteiger partial charge on any atom is -0.456 e. The van der Waals surface area contributed by atoms with Crippen LogP contribution < -0.4 is 0 Å². The molecule has 3 nitrogen and oxygen atoms in total. The first-order valence-corrected chi connectivity index (χ1v) is 17.8. The Morgan fingerprint density at radius 3 is 1.73 bits per heavy atom. The highest BCUT2D eigenvalue weighted by Gasteiger charge is 2.35. The van der Waals surface area contributed by atoms with Crippen LogP contribution in [0.1, 0.15) is 25.0 Å². The lowest BCUT2D eigenvalue weighted by Gasteiger charge is -2.22. The summed E-state index contributed by atoms with van der Waals surface area (Å²) in [6.45, 7) is 4.67. The Morgan fingerprint density at radius 1 is 0.423 bits per heavy atom. The van der Waals surface area contributed by atoms with Crippen LogP contribution in [-0.2, 0) is 5.41 Å². The molecule has 0 fully saturated rings. The average Bonchev–Trinajstić information content (AvgIpc) is 3.70. The highest BCUT2D eigenvalue weighted by Crippen LogP contribution is 2.50. The van der Waals surface area contributed by atoms with E-state index in [2.05, 4.69) is 159 Å². The van der Waals surface area contributed by atoms with Crippen molar-refractivity contribution in [2.45, 2.75) is 19.3 Å². The van der Waals surface area contributed by atoms with Gasteiger partial charge in [0, 0.05) is 38.4 Å². The van der Waals surface area contributed by atoms with Gasteiger partial charge >= 0.3 is 0 Å². The summed E-state index contributed by atoms with van der Waals surface area (Å²) in [5.41, 5.74) is 16.4. The Bertz CT molecular complexity index is 2740. The van der Waals surface area contributed by atoms with Crippen molar-refractivity contribution in [3.8, 4) is 67.3 Å². The monoisotopic (exact) mass is 666 g/mol. The molecule has 7 aromatic carbocycles. The topological polar surface area (TPSA) is 38.9 Å². The molecule has 0 spiro atoms. The molecule has 0 radical (unpaired) electrons. The van der Waals surface area contributed by atoms with Gasteiger partial charge in [0.25, 0.3) is 0 Å². The van der Waals surface area contributed by atoms with Gasteiger partial charge in [0.05, 0.1) is 11.4 Å². The molecule has 52 heavy (non-hydrogen) atoms. The summed E-state index contributed by atoms with van der Waals surface area (Å²) in [6.07, 6.45) is 0. The second-order valence-corrected chi connectivity index (χ2v) is 14.2. The molecule has 3 heteroatoms. The predicted octanol–water partition coefficient (Wildman–Crippen LogP) is 13.0. The number of fused-ring (bicyclic) bond motifs is 6. The third kappa shape index (κ3) is 4.81. The molecular weight excluding hydrogens is 633 g/mol. The number of nitrogens with zero attached hydrogens (tertiary/aromatic N) is 2. The average molecular weight is 667 g/mol. The van der Waals surface area contributed by atoms with Gasteiger partial charge in [-0.3, -0.25) is 0 Å². The van der Waals surface area contributed by atoms with Gasteiger partial charge < -0.3 is 4.42 Å². The molecule has 1 aliphatic rings. The van der Waals surface area contributed by atoms with Gasteiger partial charge in [-0.1, -0.05) is 153 Å². The fraction of sp³-hybridized carbons (Fsp3) is 0.0612. The molecule has 1 aliphatic carbocycles. The molecule has 0 saturated carbocycles. The van der Waals surface area contributed by atoms with Crippen LogP contribution in [0.3, 0.4) is 0 Å². The molecule has 0 unspecified atom stereocenters. The molecule has 0 saturated heterocycles. The normalized spacial score (nSPS) is 13.0. The maximum absolute atomic E-state index is 6.43. The fourth-order valence-electron chi connectivity index (χ4n) is 8.10. The Hall–Kier alpha value is -6.58. The molecule has 246 valence electrons. The first-order chi connectivity index (χ1) is 25.5. The zero-order valence-electron chi connectivity index (χ0n) is 29.0. The summed E-state index contributed by atoms with van der Waals surface area (Å²) in [4.78, 5) is 10.5. The second kappa shape index (κ2) is 11.8. The van der Waals surface area contributed by atoms with Crippen molar-refractivity contribution in [1.82, 2.24) is 9.97 Å². The Kier molecular flexibility index (Phi) is 6.84. The SMILES string of the molecule is CC1(C)c2ccccc2-c2ccc(-c3ccc(-c4c(-c5nc(-c6ccccc6)cc(-c6ccccc6)n5)ccc5oc6ccccc6c45)cc3)cc21. The van der Waals surface area contributed by atoms with Crippen LogP contribution in [0.25, 0.3) is 89.2 Å². The predicted molar refractivity (Wildman–Crippen MR) is 214 cm³/mol. The molecule has 2 aromatic heterocycles. The maximum atomic E-state index is 6.43. The molecular formula is C49H34N2O. The third-order valence-corrected chi connectivity index (χ3v) is 10.7. The van der Waals surface area contributed by atoms with Gasteiger partial charge in [-0.15, -0.1) is 0 Å². The number of aromatic nitrogens is 2. The van der Waals surface area contributed by atoms with Crippen molar-refractivity contribution in [2.24, 2.45) is 0 Å². The summed E-state index contributed by atoms with van der Waals surface area (Å²) in [6, 6.07) is 59.9. The summed E-state index contributed by atoms with van der Waals surface area (Å²) >= 11 is 0. The largest absolute Gasteiger partial charge is 0.456 e. The third-order valence-electron chi connectivity index (χ3n) is 10.7. The van der Waals surface area contributed by atoms with E-state index in [1.807, 2.05) is 24.3 Å².